The lowest BCUT2D eigenvalue weighted by Gasteiger charge is -2.41. The second-order valence-electron chi connectivity index (χ2n) is 9.37. The third-order valence-corrected chi connectivity index (χ3v) is 7.06. The van der Waals surface area contributed by atoms with E-state index in [0.717, 1.165) is 41.9 Å². The van der Waals surface area contributed by atoms with Crippen LogP contribution in [0.5, 0.6) is 0 Å². The average Bonchev–Trinajstić information content (AvgIpc) is 3.50. The Morgan fingerprint density at radius 3 is 2.29 bits per heavy atom. The third-order valence-electron chi connectivity index (χ3n) is 7.06. The number of halogens is 3. The van der Waals surface area contributed by atoms with Gasteiger partial charge in [-0.2, -0.15) is 10.2 Å². The van der Waals surface area contributed by atoms with Crippen molar-refractivity contribution in [2.24, 2.45) is 14.1 Å². The van der Waals surface area contributed by atoms with Crippen LogP contribution in [-0.2, 0) is 20.5 Å². The molecule has 0 bridgehead atoms. The first-order valence-electron chi connectivity index (χ1n) is 11.8. The molecule has 2 aromatic heterocycles. The molecule has 2 unspecified atom stereocenters. The maximum Gasteiger partial charge on any atom is 0.258 e. The third kappa shape index (κ3) is 3.52. The van der Waals surface area contributed by atoms with Crippen molar-refractivity contribution < 1.29 is 18.0 Å². The number of aryl methyl sites for hydroxylation is 2. The summed E-state index contributed by atoms with van der Waals surface area (Å²) in [6, 6.07) is 1.61. The van der Waals surface area contributed by atoms with E-state index < -0.39 is 17.5 Å². The molecule has 2 atom stereocenters. The average molecular weight is 472 g/mol. The summed E-state index contributed by atoms with van der Waals surface area (Å²) in [4.78, 5) is 15.8. The second kappa shape index (κ2) is 8.29. The van der Waals surface area contributed by atoms with Crippen LogP contribution in [0.1, 0.15) is 78.8 Å². The van der Waals surface area contributed by atoms with Crippen molar-refractivity contribution in [1.29, 1.82) is 0 Å². The van der Waals surface area contributed by atoms with Gasteiger partial charge in [-0.05, 0) is 44.2 Å². The highest BCUT2D eigenvalue weighted by molar-refractivity contribution is 5.96. The van der Waals surface area contributed by atoms with Gasteiger partial charge in [-0.3, -0.25) is 14.2 Å². The fourth-order valence-electron chi connectivity index (χ4n) is 5.34. The van der Waals surface area contributed by atoms with Gasteiger partial charge in [0.1, 0.15) is 0 Å². The monoisotopic (exact) mass is 471 g/mol. The Morgan fingerprint density at radius 1 is 1.03 bits per heavy atom. The normalized spacial score (nSPS) is 20.0. The molecule has 3 heterocycles. The number of benzene rings is 1. The highest BCUT2D eigenvalue weighted by atomic mass is 19.2. The summed E-state index contributed by atoms with van der Waals surface area (Å²) in [6.45, 7) is 4.03. The maximum absolute atomic E-state index is 14.0. The quantitative estimate of drug-likeness (QED) is 0.490. The molecule has 5 rings (SSSR count). The Labute approximate surface area is 196 Å². The largest absolute Gasteiger partial charge is 0.327 e. The van der Waals surface area contributed by atoms with E-state index in [9.17, 15) is 18.0 Å². The van der Waals surface area contributed by atoms with Gasteiger partial charge in [0.05, 0.1) is 28.7 Å². The van der Waals surface area contributed by atoms with Gasteiger partial charge in [-0.15, -0.1) is 0 Å². The van der Waals surface area contributed by atoms with Crippen LogP contribution >= 0.6 is 0 Å². The molecule has 2 aliphatic rings. The second-order valence-corrected chi connectivity index (χ2v) is 9.37. The van der Waals surface area contributed by atoms with Crippen molar-refractivity contribution >= 4 is 5.91 Å². The van der Waals surface area contributed by atoms with Crippen molar-refractivity contribution in [3.05, 3.63) is 58.3 Å². The first kappa shape index (κ1) is 22.7. The molecule has 1 aliphatic carbocycles. The van der Waals surface area contributed by atoms with E-state index in [1.54, 1.807) is 22.6 Å². The molecule has 1 saturated carbocycles. The minimum atomic E-state index is -1.49. The van der Waals surface area contributed by atoms with Crippen LogP contribution in [0.2, 0.25) is 0 Å². The summed E-state index contributed by atoms with van der Waals surface area (Å²) in [6.07, 6.45) is 5.74. The van der Waals surface area contributed by atoms with Crippen LogP contribution in [0.3, 0.4) is 0 Å². The van der Waals surface area contributed by atoms with Crippen LogP contribution in [0.25, 0.3) is 11.3 Å². The first-order valence-corrected chi connectivity index (χ1v) is 11.8. The summed E-state index contributed by atoms with van der Waals surface area (Å²) in [5.74, 6) is -3.67. The molecule has 0 saturated heterocycles. The Hall–Kier alpha value is -3.10. The highest BCUT2D eigenvalue weighted by Crippen LogP contribution is 2.44. The SMILES string of the molecule is CCC1Cc2c(nn(C)c2-c2cc(F)c(F)c(F)c2)C(CC)N1C(=O)c1cn(C)nc1C1CC1. The summed E-state index contributed by atoms with van der Waals surface area (Å²) >= 11 is 0. The van der Waals surface area contributed by atoms with E-state index in [0.29, 0.717) is 36.4 Å². The van der Waals surface area contributed by atoms with Crippen LogP contribution in [-0.4, -0.2) is 36.4 Å². The first-order chi connectivity index (χ1) is 16.2. The van der Waals surface area contributed by atoms with E-state index in [4.69, 9.17) is 5.10 Å². The zero-order valence-electron chi connectivity index (χ0n) is 19.8. The molecule has 0 N–H and O–H groups in total. The molecule has 34 heavy (non-hydrogen) atoms. The highest BCUT2D eigenvalue weighted by Gasteiger charge is 2.42. The summed E-state index contributed by atoms with van der Waals surface area (Å²) in [5, 5.41) is 9.26. The lowest BCUT2D eigenvalue weighted by molar-refractivity contribution is 0.0511. The molecular formula is C25H28F3N5O. The number of carbonyl (C=O) groups excluding carboxylic acids is 1. The number of hydrogen-bond donors (Lipinski definition) is 0. The Morgan fingerprint density at radius 2 is 1.71 bits per heavy atom. The summed E-state index contributed by atoms with van der Waals surface area (Å²) in [5.41, 5.74) is 3.87. The van der Waals surface area contributed by atoms with E-state index >= 15 is 0 Å². The van der Waals surface area contributed by atoms with Gasteiger partial charge in [-0.1, -0.05) is 13.8 Å². The van der Waals surface area contributed by atoms with Crippen molar-refractivity contribution in [3.63, 3.8) is 0 Å². The molecule has 0 radical (unpaired) electrons. The van der Waals surface area contributed by atoms with Gasteiger partial charge in [0.15, 0.2) is 17.5 Å². The maximum atomic E-state index is 14.0. The van der Waals surface area contributed by atoms with Crippen LogP contribution in [0.4, 0.5) is 13.2 Å². The van der Waals surface area contributed by atoms with Gasteiger partial charge < -0.3 is 4.90 Å². The van der Waals surface area contributed by atoms with E-state index in [1.165, 1.54) is 0 Å². The Kier molecular flexibility index (Phi) is 5.53. The number of fused-ring (bicyclic) bond motifs is 1. The van der Waals surface area contributed by atoms with Gasteiger partial charge >= 0.3 is 0 Å². The number of carbonyl (C=O) groups is 1. The molecule has 1 aromatic carbocycles. The number of amides is 1. The Balaban J connectivity index is 1.60. The van der Waals surface area contributed by atoms with Gasteiger partial charge in [0.25, 0.3) is 5.91 Å². The molecule has 0 spiro atoms. The molecule has 1 amide bonds. The van der Waals surface area contributed by atoms with Crippen molar-refractivity contribution in [2.75, 3.05) is 0 Å². The van der Waals surface area contributed by atoms with Crippen LogP contribution in [0.15, 0.2) is 18.3 Å². The molecule has 180 valence electrons. The number of hydrogen-bond acceptors (Lipinski definition) is 3. The minimum absolute atomic E-state index is 0.0505. The topological polar surface area (TPSA) is 56.0 Å². The van der Waals surface area contributed by atoms with Crippen molar-refractivity contribution in [3.8, 4) is 11.3 Å². The number of nitrogens with zero attached hydrogens (tertiary/aromatic N) is 5. The lowest BCUT2D eigenvalue weighted by Crippen LogP contribution is -2.47. The zero-order valence-corrected chi connectivity index (χ0v) is 19.8. The predicted molar refractivity (Wildman–Crippen MR) is 121 cm³/mol. The summed E-state index contributed by atoms with van der Waals surface area (Å²) < 4.78 is 45.0. The molecule has 6 nitrogen and oxygen atoms in total. The molecule has 3 aromatic rings. The van der Waals surface area contributed by atoms with Gasteiger partial charge in [-0.25, -0.2) is 13.2 Å². The van der Waals surface area contributed by atoms with E-state index in [-0.39, 0.29) is 23.6 Å². The molecular weight excluding hydrogens is 443 g/mol. The fourth-order valence-corrected chi connectivity index (χ4v) is 5.34. The van der Waals surface area contributed by atoms with Crippen molar-refractivity contribution in [1.82, 2.24) is 24.5 Å². The fraction of sp³-hybridized carbons (Fsp3) is 0.480. The number of rotatable bonds is 5. The van der Waals surface area contributed by atoms with Crippen LogP contribution < -0.4 is 0 Å². The predicted octanol–water partition coefficient (Wildman–Crippen LogP) is 5.04. The minimum Gasteiger partial charge on any atom is -0.327 e. The summed E-state index contributed by atoms with van der Waals surface area (Å²) in [7, 11) is 3.54. The zero-order chi connectivity index (χ0) is 24.3. The van der Waals surface area contributed by atoms with Crippen molar-refractivity contribution in [2.45, 2.75) is 64.0 Å². The van der Waals surface area contributed by atoms with E-state index in [1.807, 2.05) is 25.8 Å². The smallest absolute Gasteiger partial charge is 0.258 e. The van der Waals surface area contributed by atoms with Crippen LogP contribution in [0, 0.1) is 17.5 Å². The van der Waals surface area contributed by atoms with Gasteiger partial charge in [0, 0.05) is 43.4 Å². The number of aromatic nitrogens is 4. The van der Waals surface area contributed by atoms with Gasteiger partial charge in [0.2, 0.25) is 0 Å². The molecule has 1 aliphatic heterocycles. The standard InChI is InChI=1S/C25H28F3N5O/c1-5-15-11-16-23(30-32(4)24(16)14-9-18(26)21(28)19(27)10-14)20(6-2)33(15)25(34)17-12-31(3)29-22(17)13-7-8-13/h9-10,12-13,15,20H,5-8,11H2,1-4H3. The Bertz CT molecular complexity index is 1250. The molecule has 1 fully saturated rings. The van der Waals surface area contributed by atoms with E-state index in [2.05, 4.69) is 5.10 Å². The molecule has 9 heteroatoms. The lowest BCUT2D eigenvalue weighted by atomic mass is 9.87.